The first-order chi connectivity index (χ1) is 17.7. The van der Waals surface area contributed by atoms with Crippen molar-refractivity contribution in [3.8, 4) is 17.2 Å². The number of benzene rings is 2. The third-order valence-electron chi connectivity index (χ3n) is 5.43. The number of halogens is 1. The van der Waals surface area contributed by atoms with Gasteiger partial charge in [-0.3, -0.25) is 14.4 Å². The second-order valence-electron chi connectivity index (χ2n) is 8.36. The summed E-state index contributed by atoms with van der Waals surface area (Å²) in [6.45, 7) is 4.42. The van der Waals surface area contributed by atoms with Crippen LogP contribution in [0.5, 0.6) is 17.2 Å². The first-order valence-corrected chi connectivity index (χ1v) is 11.6. The molecule has 0 amide bonds. The molecule has 0 saturated heterocycles. The van der Waals surface area contributed by atoms with Crippen LogP contribution in [-0.4, -0.2) is 35.9 Å². The summed E-state index contributed by atoms with van der Waals surface area (Å²) in [6.07, 6.45) is -0.325. The van der Waals surface area contributed by atoms with Gasteiger partial charge in [0, 0.05) is 25.6 Å². The van der Waals surface area contributed by atoms with Gasteiger partial charge in [0.1, 0.15) is 17.7 Å². The zero-order chi connectivity index (χ0) is 26.9. The van der Waals surface area contributed by atoms with Crippen molar-refractivity contribution in [1.29, 1.82) is 0 Å². The van der Waals surface area contributed by atoms with E-state index in [2.05, 4.69) is 4.98 Å². The zero-order valence-corrected chi connectivity index (χ0v) is 21.0. The maximum atomic E-state index is 13.3. The number of ketones is 1. The molecule has 1 heterocycles. The molecule has 0 bridgehead atoms. The van der Waals surface area contributed by atoms with E-state index in [0.717, 1.165) is 5.56 Å². The molecule has 0 fully saturated rings. The Morgan fingerprint density at radius 1 is 0.973 bits per heavy atom. The molecule has 0 unspecified atom stereocenters. The normalized spacial score (nSPS) is 13.1. The molecule has 37 heavy (non-hydrogen) atoms. The van der Waals surface area contributed by atoms with Crippen LogP contribution in [0, 0.1) is 11.7 Å². The predicted molar refractivity (Wildman–Crippen MR) is 132 cm³/mol. The van der Waals surface area contributed by atoms with Gasteiger partial charge in [0.2, 0.25) is 5.75 Å². The van der Waals surface area contributed by atoms with E-state index in [0.29, 0.717) is 5.75 Å². The first-order valence-electron chi connectivity index (χ1n) is 11.6. The van der Waals surface area contributed by atoms with Crippen LogP contribution in [0.2, 0.25) is 0 Å². The van der Waals surface area contributed by atoms with Gasteiger partial charge in [-0.1, -0.05) is 37.3 Å². The highest BCUT2D eigenvalue weighted by molar-refractivity contribution is 5.99. The summed E-state index contributed by atoms with van der Waals surface area (Å²) in [5.74, 6) is -2.55. The molecular weight excluding hydrogens is 481 g/mol. The van der Waals surface area contributed by atoms with Gasteiger partial charge in [-0.25, -0.2) is 9.37 Å². The lowest BCUT2D eigenvalue weighted by atomic mass is 10.0. The van der Waals surface area contributed by atoms with Crippen molar-refractivity contribution >= 4 is 17.7 Å². The van der Waals surface area contributed by atoms with Gasteiger partial charge in [0.25, 0.3) is 0 Å². The Labute approximate surface area is 214 Å². The van der Waals surface area contributed by atoms with E-state index in [9.17, 15) is 18.8 Å². The van der Waals surface area contributed by atoms with Crippen LogP contribution in [0.3, 0.4) is 0 Å². The Morgan fingerprint density at radius 2 is 1.65 bits per heavy atom. The standard InChI is InChI=1S/C28H28FNO7/c1-17(16-23(32)25-27(36-19(3)31)24(34-4)14-15-30-25)28(33)35-18(2)26(20-8-6-5-7-9-20)37-22-12-10-21(29)11-13-22/h5-15,17-18,26H,16H2,1-4H3/t17-,18+,26+/m1/s1. The molecule has 0 aliphatic rings. The number of hydrogen-bond donors (Lipinski definition) is 0. The van der Waals surface area contributed by atoms with Gasteiger partial charge in [-0.05, 0) is 36.8 Å². The molecule has 0 aliphatic carbocycles. The van der Waals surface area contributed by atoms with Crippen LogP contribution in [0.15, 0.2) is 66.9 Å². The summed E-state index contributed by atoms with van der Waals surface area (Å²) in [4.78, 5) is 41.4. The molecule has 3 aromatic rings. The molecule has 3 atom stereocenters. The second-order valence-corrected chi connectivity index (χ2v) is 8.36. The molecule has 2 aromatic carbocycles. The molecule has 0 spiro atoms. The fourth-order valence-corrected chi connectivity index (χ4v) is 3.59. The average Bonchev–Trinajstić information content (AvgIpc) is 2.88. The number of carbonyl (C=O) groups excluding carboxylic acids is 3. The van der Waals surface area contributed by atoms with Gasteiger partial charge in [0.05, 0.1) is 13.0 Å². The highest BCUT2D eigenvalue weighted by atomic mass is 19.1. The summed E-state index contributed by atoms with van der Waals surface area (Å²) in [5, 5.41) is 0. The lowest BCUT2D eigenvalue weighted by Crippen LogP contribution is -2.30. The van der Waals surface area contributed by atoms with Crippen LogP contribution < -0.4 is 14.2 Å². The van der Waals surface area contributed by atoms with Crippen LogP contribution in [0.4, 0.5) is 4.39 Å². The SMILES string of the molecule is COc1ccnc(C(=O)C[C@@H](C)C(=O)O[C@@H](C)[C@H](Oc2ccc(F)cc2)c2ccccc2)c1OC(C)=O. The number of carbonyl (C=O) groups is 3. The number of ether oxygens (including phenoxy) is 4. The van der Waals surface area contributed by atoms with Gasteiger partial charge >= 0.3 is 11.9 Å². The summed E-state index contributed by atoms with van der Waals surface area (Å²) in [7, 11) is 1.37. The summed E-state index contributed by atoms with van der Waals surface area (Å²) >= 11 is 0. The number of esters is 2. The van der Waals surface area contributed by atoms with Crippen molar-refractivity contribution in [3.05, 3.63) is 83.9 Å². The average molecular weight is 510 g/mol. The number of pyridine rings is 1. The van der Waals surface area contributed by atoms with Crippen molar-refractivity contribution in [3.63, 3.8) is 0 Å². The summed E-state index contributed by atoms with van der Waals surface area (Å²) < 4.78 is 35.4. The minimum Gasteiger partial charge on any atom is -0.493 e. The van der Waals surface area contributed by atoms with E-state index in [1.54, 1.807) is 13.8 Å². The van der Waals surface area contributed by atoms with E-state index in [1.165, 1.54) is 50.6 Å². The second kappa shape index (κ2) is 12.6. The molecule has 0 aliphatic heterocycles. The number of nitrogens with zero attached hydrogens (tertiary/aromatic N) is 1. The molecule has 9 heteroatoms. The molecule has 1 aromatic heterocycles. The lowest BCUT2D eigenvalue weighted by molar-refractivity contribution is -0.157. The fourth-order valence-electron chi connectivity index (χ4n) is 3.59. The van der Waals surface area contributed by atoms with Gasteiger partial charge in [0.15, 0.2) is 23.3 Å². The third-order valence-corrected chi connectivity index (χ3v) is 5.43. The van der Waals surface area contributed by atoms with Crippen molar-refractivity contribution in [2.75, 3.05) is 7.11 Å². The Balaban J connectivity index is 1.73. The smallest absolute Gasteiger partial charge is 0.309 e. The third kappa shape index (κ3) is 7.36. The van der Waals surface area contributed by atoms with Crippen LogP contribution in [0.1, 0.15) is 49.3 Å². The quantitative estimate of drug-likeness (QED) is 0.259. The van der Waals surface area contributed by atoms with Gasteiger partial charge in [-0.15, -0.1) is 0 Å². The maximum Gasteiger partial charge on any atom is 0.309 e. The van der Waals surface area contributed by atoms with Gasteiger partial charge in [-0.2, -0.15) is 0 Å². The fraction of sp³-hybridized carbons (Fsp3) is 0.286. The van der Waals surface area contributed by atoms with Crippen molar-refractivity contribution in [1.82, 2.24) is 4.98 Å². The highest BCUT2D eigenvalue weighted by Crippen LogP contribution is 2.32. The van der Waals surface area contributed by atoms with E-state index in [-0.39, 0.29) is 23.6 Å². The Morgan fingerprint density at radius 3 is 2.27 bits per heavy atom. The molecule has 0 radical (unpaired) electrons. The monoisotopic (exact) mass is 509 g/mol. The molecule has 194 valence electrons. The molecule has 0 saturated carbocycles. The maximum absolute atomic E-state index is 13.3. The highest BCUT2D eigenvalue weighted by Gasteiger charge is 2.29. The number of Topliss-reactive ketones (excluding diaryl/α,β-unsaturated/α-hetero) is 1. The number of rotatable bonds is 11. The molecule has 8 nitrogen and oxygen atoms in total. The topological polar surface area (TPSA) is 101 Å². The number of methoxy groups -OCH3 is 1. The van der Waals surface area contributed by atoms with Crippen LogP contribution in [-0.2, 0) is 14.3 Å². The Bertz CT molecular complexity index is 1230. The number of aromatic nitrogens is 1. The van der Waals surface area contributed by atoms with E-state index in [4.69, 9.17) is 18.9 Å². The van der Waals surface area contributed by atoms with Crippen LogP contribution >= 0.6 is 0 Å². The lowest BCUT2D eigenvalue weighted by Gasteiger charge is -2.26. The Kier molecular flexibility index (Phi) is 9.32. The molecule has 3 rings (SSSR count). The minimum atomic E-state index is -0.838. The van der Waals surface area contributed by atoms with E-state index >= 15 is 0 Å². The van der Waals surface area contributed by atoms with Gasteiger partial charge < -0.3 is 18.9 Å². The Hall–Kier alpha value is -4.27. The number of hydrogen-bond acceptors (Lipinski definition) is 8. The van der Waals surface area contributed by atoms with E-state index in [1.807, 2.05) is 30.3 Å². The van der Waals surface area contributed by atoms with Crippen molar-refractivity contribution < 1.29 is 37.7 Å². The summed E-state index contributed by atoms with van der Waals surface area (Å²) in [6, 6.07) is 16.1. The minimum absolute atomic E-state index is 0.103. The van der Waals surface area contributed by atoms with Crippen molar-refractivity contribution in [2.45, 2.75) is 39.4 Å². The predicted octanol–water partition coefficient (Wildman–Crippen LogP) is 5.12. The zero-order valence-electron chi connectivity index (χ0n) is 21.0. The van der Waals surface area contributed by atoms with Crippen molar-refractivity contribution in [2.24, 2.45) is 5.92 Å². The molecule has 0 N–H and O–H groups in total. The summed E-state index contributed by atoms with van der Waals surface area (Å²) in [5.41, 5.74) is 0.631. The first kappa shape index (κ1) is 27.3. The molecular formula is C28H28FNO7. The van der Waals surface area contributed by atoms with E-state index < -0.39 is 41.7 Å². The van der Waals surface area contributed by atoms with Crippen LogP contribution in [0.25, 0.3) is 0 Å². The largest absolute Gasteiger partial charge is 0.493 e.